The Bertz CT molecular complexity index is 1510. The number of piperidine rings is 1. The molecule has 0 amide bonds. The van der Waals surface area contributed by atoms with Crippen LogP contribution in [-0.2, 0) is 32.3 Å². The Hall–Kier alpha value is -4.02. The van der Waals surface area contributed by atoms with Gasteiger partial charge in [0.25, 0.3) is 0 Å². The van der Waals surface area contributed by atoms with Gasteiger partial charge in [-0.1, -0.05) is 60.7 Å². The zero-order valence-corrected chi connectivity index (χ0v) is 26.1. The summed E-state index contributed by atoms with van der Waals surface area (Å²) in [6.45, 7) is 7.71. The lowest BCUT2D eigenvalue weighted by Gasteiger charge is -2.40. The van der Waals surface area contributed by atoms with E-state index < -0.39 is 24.0 Å². The number of ether oxygens (including phenoxy) is 4. The van der Waals surface area contributed by atoms with Gasteiger partial charge in [0.2, 0.25) is 0 Å². The van der Waals surface area contributed by atoms with Crippen molar-refractivity contribution >= 4 is 17.1 Å². The van der Waals surface area contributed by atoms with Crippen LogP contribution < -0.4 is 4.74 Å². The van der Waals surface area contributed by atoms with Gasteiger partial charge in [-0.3, -0.25) is 4.98 Å². The molecule has 0 spiro atoms. The van der Waals surface area contributed by atoms with E-state index in [1.165, 1.54) is 5.06 Å². The average molecular weight is 615 g/mol. The Morgan fingerprint density at radius 3 is 2.49 bits per heavy atom. The van der Waals surface area contributed by atoms with Crippen LogP contribution in [0.1, 0.15) is 49.8 Å². The number of hydrogen-bond acceptors (Lipinski definition) is 9. The number of hydrogen-bond donors (Lipinski definition) is 1. The van der Waals surface area contributed by atoms with Crippen LogP contribution in [0.4, 0.5) is 4.79 Å². The normalized spacial score (nSPS) is 18.9. The summed E-state index contributed by atoms with van der Waals surface area (Å²) >= 11 is 0. The molecule has 1 fully saturated rings. The molecule has 2 heterocycles. The van der Waals surface area contributed by atoms with E-state index in [0.29, 0.717) is 26.4 Å². The molecule has 1 N–H and O–H groups in total. The highest BCUT2D eigenvalue weighted by atomic mass is 16.8. The topological polar surface area (TPSA) is 99.6 Å². The molecule has 45 heavy (non-hydrogen) atoms. The molecule has 0 bridgehead atoms. The molecule has 1 aliphatic rings. The van der Waals surface area contributed by atoms with Gasteiger partial charge in [0.1, 0.15) is 11.4 Å². The van der Waals surface area contributed by atoms with Crippen molar-refractivity contribution in [2.75, 3.05) is 26.3 Å². The van der Waals surface area contributed by atoms with Gasteiger partial charge in [0.15, 0.2) is 0 Å². The van der Waals surface area contributed by atoms with E-state index in [0.717, 1.165) is 39.8 Å². The number of aromatic nitrogens is 1. The molecule has 9 heteroatoms. The summed E-state index contributed by atoms with van der Waals surface area (Å²) < 4.78 is 23.4. The smallest absolute Gasteiger partial charge is 0.494 e. The standard InChI is InChI=1S/C36H42N2O7/c1-36(2,3)44-35(40)45-38-22-32(39)34(33(23-38)43-25-27-12-13-28-11-7-18-37-31(28)21-27)29-14-16-30(17-15-29)42-20-8-19-41-24-26-9-5-4-6-10-26/h4-7,9-18,21,32-34,39H,8,19-20,22-25H2,1-3H3. The molecule has 5 rings (SSSR count). The molecule has 0 radical (unpaired) electrons. The maximum Gasteiger partial charge on any atom is 0.528 e. The van der Waals surface area contributed by atoms with Gasteiger partial charge in [0, 0.05) is 23.9 Å². The van der Waals surface area contributed by atoms with Crippen LogP contribution in [0.3, 0.4) is 0 Å². The van der Waals surface area contributed by atoms with Gasteiger partial charge < -0.3 is 28.9 Å². The van der Waals surface area contributed by atoms with Crippen molar-refractivity contribution < 1.29 is 33.7 Å². The fourth-order valence-corrected chi connectivity index (χ4v) is 5.31. The Morgan fingerprint density at radius 2 is 1.71 bits per heavy atom. The third kappa shape index (κ3) is 9.73. The van der Waals surface area contributed by atoms with Crippen LogP contribution in [0.15, 0.2) is 91.1 Å². The van der Waals surface area contributed by atoms with Crippen LogP contribution in [0.25, 0.3) is 10.9 Å². The molecule has 1 aromatic heterocycles. The number of hydroxylamine groups is 2. The number of nitrogens with zero attached hydrogens (tertiary/aromatic N) is 2. The predicted octanol–water partition coefficient (Wildman–Crippen LogP) is 6.43. The van der Waals surface area contributed by atoms with Crippen molar-refractivity contribution in [3.63, 3.8) is 0 Å². The number of carbonyl (C=O) groups is 1. The maximum absolute atomic E-state index is 12.4. The number of benzene rings is 3. The number of pyridine rings is 1. The number of aliphatic hydroxyl groups excluding tert-OH is 1. The highest BCUT2D eigenvalue weighted by Gasteiger charge is 2.40. The Labute approximate surface area is 264 Å². The molecule has 3 unspecified atom stereocenters. The Morgan fingerprint density at radius 1 is 0.911 bits per heavy atom. The Kier molecular flexibility index (Phi) is 11.0. The highest BCUT2D eigenvalue weighted by molar-refractivity contribution is 5.78. The predicted molar refractivity (Wildman–Crippen MR) is 171 cm³/mol. The summed E-state index contributed by atoms with van der Waals surface area (Å²) in [6.07, 6.45) is 0.366. The SMILES string of the molecule is CC(C)(C)OC(=O)ON1CC(O)C(c2ccc(OCCCOCc3ccccc3)cc2)C(OCc2ccc3cccnc3c2)C1. The second-order valence-corrected chi connectivity index (χ2v) is 12.2. The van der Waals surface area contributed by atoms with Gasteiger partial charge >= 0.3 is 6.16 Å². The van der Waals surface area contributed by atoms with E-state index in [2.05, 4.69) is 4.98 Å². The van der Waals surface area contributed by atoms with Crippen molar-refractivity contribution in [1.82, 2.24) is 10.0 Å². The zero-order chi connectivity index (χ0) is 31.6. The summed E-state index contributed by atoms with van der Waals surface area (Å²) in [4.78, 5) is 22.3. The lowest BCUT2D eigenvalue weighted by molar-refractivity contribution is -0.201. The second-order valence-electron chi connectivity index (χ2n) is 12.2. The summed E-state index contributed by atoms with van der Waals surface area (Å²) in [5, 5.41) is 13.8. The first-order valence-electron chi connectivity index (χ1n) is 15.4. The van der Waals surface area contributed by atoms with Crippen molar-refractivity contribution in [3.8, 4) is 5.75 Å². The van der Waals surface area contributed by atoms with Gasteiger partial charge in [-0.2, -0.15) is 0 Å². The van der Waals surface area contributed by atoms with E-state index in [1.54, 1.807) is 27.0 Å². The monoisotopic (exact) mass is 614 g/mol. The van der Waals surface area contributed by atoms with E-state index >= 15 is 0 Å². The first-order valence-corrected chi connectivity index (χ1v) is 15.4. The number of aliphatic hydroxyl groups is 1. The second kappa shape index (κ2) is 15.3. The quantitative estimate of drug-likeness (QED) is 0.143. The summed E-state index contributed by atoms with van der Waals surface area (Å²) in [5.74, 6) is 0.380. The number of carbonyl (C=O) groups excluding carboxylic acids is 1. The van der Waals surface area contributed by atoms with E-state index in [4.69, 9.17) is 23.8 Å². The largest absolute Gasteiger partial charge is 0.528 e. The molecule has 0 aliphatic carbocycles. The third-order valence-electron chi connectivity index (χ3n) is 7.40. The van der Waals surface area contributed by atoms with Crippen molar-refractivity contribution in [2.24, 2.45) is 0 Å². The van der Waals surface area contributed by atoms with Gasteiger partial charge in [-0.15, -0.1) is 5.06 Å². The first-order chi connectivity index (χ1) is 21.7. The minimum atomic E-state index is -0.863. The molecule has 1 saturated heterocycles. The van der Waals surface area contributed by atoms with Crippen LogP contribution in [0.2, 0.25) is 0 Å². The fraction of sp³-hybridized carbons (Fsp3) is 0.389. The highest BCUT2D eigenvalue weighted by Crippen LogP contribution is 2.33. The number of rotatable bonds is 12. The molecule has 238 valence electrons. The van der Waals surface area contributed by atoms with Crippen LogP contribution in [0.5, 0.6) is 5.75 Å². The van der Waals surface area contributed by atoms with Crippen molar-refractivity contribution in [2.45, 2.75) is 64.1 Å². The minimum absolute atomic E-state index is 0.116. The lowest BCUT2D eigenvalue weighted by atomic mass is 9.85. The third-order valence-corrected chi connectivity index (χ3v) is 7.40. The van der Waals surface area contributed by atoms with Gasteiger partial charge in [-0.25, -0.2) is 4.79 Å². The molecule has 4 aromatic rings. The summed E-state index contributed by atoms with van der Waals surface area (Å²) in [6, 6.07) is 27.7. The lowest BCUT2D eigenvalue weighted by Crippen LogP contribution is -2.52. The molecular weight excluding hydrogens is 572 g/mol. The molecule has 0 saturated carbocycles. The minimum Gasteiger partial charge on any atom is -0.494 e. The summed E-state index contributed by atoms with van der Waals surface area (Å²) in [5.41, 5.74) is 3.19. The van der Waals surface area contributed by atoms with E-state index in [-0.39, 0.29) is 19.0 Å². The molecular formula is C36H42N2O7. The molecule has 3 aromatic carbocycles. The van der Waals surface area contributed by atoms with Gasteiger partial charge in [-0.05, 0) is 61.7 Å². The zero-order valence-electron chi connectivity index (χ0n) is 26.1. The van der Waals surface area contributed by atoms with Crippen molar-refractivity contribution in [1.29, 1.82) is 0 Å². The Balaban J connectivity index is 1.20. The summed E-state index contributed by atoms with van der Waals surface area (Å²) in [7, 11) is 0. The van der Waals surface area contributed by atoms with E-state index in [1.807, 2.05) is 84.9 Å². The fourth-order valence-electron chi connectivity index (χ4n) is 5.31. The van der Waals surface area contributed by atoms with Crippen LogP contribution >= 0.6 is 0 Å². The van der Waals surface area contributed by atoms with Gasteiger partial charge in [0.05, 0.1) is 57.2 Å². The number of β-amino-alcohol motifs (C(OH)–C–C–N with tert-alkyl or cyclic N) is 1. The molecule has 9 nitrogen and oxygen atoms in total. The van der Waals surface area contributed by atoms with Crippen LogP contribution in [-0.4, -0.2) is 65.4 Å². The maximum atomic E-state index is 12.4. The average Bonchev–Trinajstić information content (AvgIpc) is 3.01. The van der Waals surface area contributed by atoms with Crippen LogP contribution in [0, 0.1) is 0 Å². The molecule has 1 aliphatic heterocycles. The van der Waals surface area contributed by atoms with Crippen molar-refractivity contribution in [3.05, 3.63) is 108 Å². The number of fused-ring (bicyclic) bond motifs is 1. The van der Waals surface area contributed by atoms with E-state index in [9.17, 15) is 9.90 Å². The first kappa shape index (κ1) is 32.4. The molecule has 3 atom stereocenters.